The summed E-state index contributed by atoms with van der Waals surface area (Å²) >= 11 is 0. The van der Waals surface area contributed by atoms with Gasteiger partial charge < -0.3 is 0 Å². The molecule has 1 aliphatic carbocycles. The Kier molecular flexibility index (Phi) is 2.70. The third-order valence-electron chi connectivity index (χ3n) is 3.38. The van der Waals surface area contributed by atoms with Crippen LogP contribution in [0.3, 0.4) is 0 Å². The summed E-state index contributed by atoms with van der Waals surface area (Å²) in [5.41, 5.74) is 1.37. The average Bonchev–Trinajstić information content (AvgIpc) is 2.79. The van der Waals surface area contributed by atoms with E-state index in [1.54, 1.807) is 18.2 Å². The third kappa shape index (κ3) is 2.05. The van der Waals surface area contributed by atoms with Gasteiger partial charge in [0.25, 0.3) is 0 Å². The van der Waals surface area contributed by atoms with E-state index in [9.17, 15) is 13.2 Å². The fourth-order valence-electron chi connectivity index (χ4n) is 2.54. The van der Waals surface area contributed by atoms with Gasteiger partial charge in [-0.15, -0.1) is 0 Å². The van der Waals surface area contributed by atoms with Crippen molar-refractivity contribution in [2.24, 2.45) is 0 Å². The molecule has 2 aromatic carbocycles. The smallest absolute Gasteiger partial charge is 0.166 e. The quantitative estimate of drug-likeness (QED) is 0.692. The lowest BCUT2D eigenvalue weighted by molar-refractivity contribution is -0.0688. The maximum atomic E-state index is 13.1. The molecule has 96 valence electrons. The molecule has 0 saturated heterocycles. The molecule has 19 heavy (non-hydrogen) atoms. The zero-order valence-corrected chi connectivity index (χ0v) is 9.98. The molecular formula is C16H11F3. The summed E-state index contributed by atoms with van der Waals surface area (Å²) in [6, 6.07) is 16.0. The molecule has 0 bridgehead atoms. The van der Waals surface area contributed by atoms with Crippen LogP contribution < -0.4 is 0 Å². The SMILES string of the molecule is FC(F)(F)C1=CC(c2ccccc2)c2ccccc21. The predicted octanol–water partition coefficient (Wildman–Crippen LogP) is 4.78. The Morgan fingerprint density at radius 1 is 0.789 bits per heavy atom. The van der Waals surface area contributed by atoms with Crippen LogP contribution in [0, 0.1) is 0 Å². The lowest BCUT2D eigenvalue weighted by atomic mass is 9.93. The van der Waals surface area contributed by atoms with Crippen LogP contribution in [0.25, 0.3) is 5.57 Å². The molecule has 0 heterocycles. The van der Waals surface area contributed by atoms with Crippen LogP contribution in [0.15, 0.2) is 60.7 Å². The molecule has 3 rings (SSSR count). The molecule has 1 atom stereocenters. The van der Waals surface area contributed by atoms with E-state index in [4.69, 9.17) is 0 Å². The number of alkyl halides is 3. The van der Waals surface area contributed by atoms with E-state index in [0.717, 1.165) is 11.1 Å². The van der Waals surface area contributed by atoms with Gasteiger partial charge in [-0.1, -0.05) is 60.7 Å². The molecule has 0 amide bonds. The van der Waals surface area contributed by atoms with Gasteiger partial charge in [0.15, 0.2) is 0 Å². The van der Waals surface area contributed by atoms with Crippen molar-refractivity contribution in [2.75, 3.05) is 0 Å². The number of halogens is 3. The summed E-state index contributed by atoms with van der Waals surface area (Å²) in [5.74, 6) is -0.311. The maximum Gasteiger partial charge on any atom is 0.416 e. The highest BCUT2D eigenvalue weighted by Crippen LogP contribution is 2.46. The second-order valence-electron chi connectivity index (χ2n) is 4.55. The molecule has 2 aromatic rings. The van der Waals surface area contributed by atoms with Gasteiger partial charge in [-0.05, 0) is 16.7 Å². The molecule has 0 aromatic heterocycles. The molecule has 0 saturated carbocycles. The van der Waals surface area contributed by atoms with E-state index < -0.39 is 11.7 Å². The van der Waals surface area contributed by atoms with Crippen molar-refractivity contribution in [1.29, 1.82) is 0 Å². The predicted molar refractivity (Wildman–Crippen MR) is 68.8 cm³/mol. The minimum atomic E-state index is -4.31. The molecule has 0 radical (unpaired) electrons. The first-order valence-electron chi connectivity index (χ1n) is 6.00. The van der Waals surface area contributed by atoms with Crippen molar-refractivity contribution in [2.45, 2.75) is 12.1 Å². The van der Waals surface area contributed by atoms with Crippen molar-refractivity contribution < 1.29 is 13.2 Å². The zero-order chi connectivity index (χ0) is 13.5. The molecule has 1 unspecified atom stereocenters. The van der Waals surface area contributed by atoms with E-state index in [1.165, 1.54) is 12.1 Å². The van der Waals surface area contributed by atoms with Crippen LogP contribution in [0.5, 0.6) is 0 Å². The highest BCUT2D eigenvalue weighted by atomic mass is 19.4. The van der Waals surface area contributed by atoms with Crippen LogP contribution in [-0.4, -0.2) is 6.18 Å². The number of fused-ring (bicyclic) bond motifs is 1. The van der Waals surface area contributed by atoms with Gasteiger partial charge in [0.1, 0.15) is 0 Å². The van der Waals surface area contributed by atoms with E-state index in [2.05, 4.69) is 0 Å². The highest BCUT2D eigenvalue weighted by Gasteiger charge is 2.40. The molecule has 1 aliphatic rings. The second-order valence-corrected chi connectivity index (χ2v) is 4.55. The Hall–Kier alpha value is -2.03. The van der Waals surface area contributed by atoms with E-state index >= 15 is 0 Å². The first kappa shape index (κ1) is 12.0. The second kappa shape index (κ2) is 4.26. The molecule has 0 nitrogen and oxygen atoms in total. The van der Waals surface area contributed by atoms with Crippen molar-refractivity contribution in [3.05, 3.63) is 77.4 Å². The average molecular weight is 260 g/mol. The number of rotatable bonds is 1. The number of benzene rings is 2. The zero-order valence-electron chi connectivity index (χ0n) is 9.98. The summed E-state index contributed by atoms with van der Waals surface area (Å²) in [7, 11) is 0. The van der Waals surface area contributed by atoms with Crippen molar-refractivity contribution >= 4 is 5.57 Å². The standard InChI is InChI=1S/C16H11F3/c17-16(18,19)15-10-14(11-6-2-1-3-7-11)12-8-4-5-9-13(12)15/h1-10,14H. The molecule has 0 aliphatic heterocycles. The van der Waals surface area contributed by atoms with Gasteiger partial charge in [0.2, 0.25) is 0 Å². The number of hydrogen-bond acceptors (Lipinski definition) is 0. The summed E-state index contributed by atoms with van der Waals surface area (Å²) in [6.07, 6.45) is -2.99. The first-order chi connectivity index (χ1) is 9.07. The Balaban J connectivity index is 2.16. The molecule has 3 heteroatoms. The molecule has 0 N–H and O–H groups in total. The summed E-state index contributed by atoms with van der Waals surface area (Å²) in [5, 5.41) is 0. The molecule has 0 fully saturated rings. The van der Waals surface area contributed by atoms with Gasteiger partial charge in [0.05, 0.1) is 5.57 Å². The Morgan fingerprint density at radius 2 is 1.42 bits per heavy atom. The van der Waals surface area contributed by atoms with E-state index in [0.29, 0.717) is 5.56 Å². The highest BCUT2D eigenvalue weighted by molar-refractivity contribution is 5.79. The Labute approximate surface area is 109 Å². The van der Waals surface area contributed by atoms with Gasteiger partial charge in [-0.2, -0.15) is 13.2 Å². The number of allylic oxidation sites excluding steroid dienone is 2. The van der Waals surface area contributed by atoms with Gasteiger partial charge >= 0.3 is 6.18 Å². The summed E-state index contributed by atoms with van der Waals surface area (Å²) in [6.45, 7) is 0. The minimum absolute atomic E-state index is 0.295. The molecule has 0 spiro atoms. The van der Waals surface area contributed by atoms with Gasteiger partial charge in [-0.3, -0.25) is 0 Å². The Morgan fingerprint density at radius 3 is 2.11 bits per heavy atom. The van der Waals surface area contributed by atoms with Crippen LogP contribution in [0.2, 0.25) is 0 Å². The van der Waals surface area contributed by atoms with Crippen molar-refractivity contribution in [3.63, 3.8) is 0 Å². The van der Waals surface area contributed by atoms with Crippen LogP contribution in [0.1, 0.15) is 22.6 Å². The van der Waals surface area contributed by atoms with Crippen LogP contribution in [0.4, 0.5) is 13.2 Å². The van der Waals surface area contributed by atoms with E-state index in [-0.39, 0.29) is 5.92 Å². The monoisotopic (exact) mass is 260 g/mol. The minimum Gasteiger partial charge on any atom is -0.166 e. The normalized spacial score (nSPS) is 18.1. The van der Waals surface area contributed by atoms with Crippen molar-refractivity contribution in [1.82, 2.24) is 0 Å². The van der Waals surface area contributed by atoms with Crippen molar-refractivity contribution in [3.8, 4) is 0 Å². The van der Waals surface area contributed by atoms with E-state index in [1.807, 2.05) is 30.3 Å². The maximum absolute atomic E-state index is 13.1. The summed E-state index contributed by atoms with van der Waals surface area (Å²) in [4.78, 5) is 0. The fraction of sp³-hybridized carbons (Fsp3) is 0.125. The first-order valence-corrected chi connectivity index (χ1v) is 6.00. The largest absolute Gasteiger partial charge is 0.416 e. The summed E-state index contributed by atoms with van der Waals surface area (Å²) < 4.78 is 39.2. The third-order valence-corrected chi connectivity index (χ3v) is 3.38. The number of hydrogen-bond donors (Lipinski definition) is 0. The van der Waals surface area contributed by atoms with Gasteiger partial charge in [-0.25, -0.2) is 0 Å². The Bertz CT molecular complexity index is 624. The van der Waals surface area contributed by atoms with Crippen LogP contribution >= 0.6 is 0 Å². The van der Waals surface area contributed by atoms with Gasteiger partial charge in [0, 0.05) is 5.92 Å². The molecular weight excluding hydrogens is 249 g/mol. The lowest BCUT2D eigenvalue weighted by Gasteiger charge is -2.11. The lowest BCUT2D eigenvalue weighted by Crippen LogP contribution is -2.09. The topological polar surface area (TPSA) is 0 Å². The van der Waals surface area contributed by atoms with Crippen LogP contribution in [-0.2, 0) is 0 Å². The fourth-order valence-corrected chi connectivity index (χ4v) is 2.54.